The monoisotopic (exact) mass is 302 g/mol. The third kappa shape index (κ3) is 5.38. The molecule has 6 heteroatoms. The van der Waals surface area contributed by atoms with Crippen molar-refractivity contribution < 1.29 is 18.0 Å². The van der Waals surface area contributed by atoms with Crippen molar-refractivity contribution in [2.45, 2.75) is 26.4 Å². The molecule has 1 N–H and O–H groups in total. The molecule has 0 spiro atoms. The van der Waals surface area contributed by atoms with E-state index in [-0.39, 0.29) is 5.56 Å². The molecule has 0 aliphatic carbocycles. The van der Waals surface area contributed by atoms with Crippen LogP contribution in [0.5, 0.6) is 0 Å². The number of hydrogen-bond acceptors (Lipinski definition) is 2. The van der Waals surface area contributed by atoms with E-state index >= 15 is 0 Å². The van der Waals surface area contributed by atoms with Gasteiger partial charge in [0, 0.05) is 6.54 Å². The Hall–Kier alpha value is -1.56. The van der Waals surface area contributed by atoms with E-state index in [2.05, 4.69) is 10.2 Å². The van der Waals surface area contributed by atoms with E-state index in [4.69, 9.17) is 0 Å². The molecule has 1 rings (SSSR count). The van der Waals surface area contributed by atoms with Gasteiger partial charge in [0.2, 0.25) is 0 Å². The summed E-state index contributed by atoms with van der Waals surface area (Å²) >= 11 is 0. The third-order valence-electron chi connectivity index (χ3n) is 3.31. The van der Waals surface area contributed by atoms with Crippen molar-refractivity contribution in [3.63, 3.8) is 0 Å². The minimum Gasteiger partial charge on any atom is -0.352 e. The van der Waals surface area contributed by atoms with Crippen LogP contribution in [0.15, 0.2) is 24.3 Å². The highest BCUT2D eigenvalue weighted by Gasteiger charge is 2.34. The van der Waals surface area contributed by atoms with E-state index in [1.807, 2.05) is 13.8 Å². The molecule has 1 aromatic rings. The fourth-order valence-electron chi connectivity index (χ4n) is 2.07. The van der Waals surface area contributed by atoms with E-state index in [0.717, 1.165) is 25.7 Å². The van der Waals surface area contributed by atoms with Gasteiger partial charge < -0.3 is 10.2 Å². The van der Waals surface area contributed by atoms with Crippen molar-refractivity contribution in [1.82, 2.24) is 10.2 Å². The number of hydrogen-bond donors (Lipinski definition) is 1. The Morgan fingerprint density at radius 3 is 2.38 bits per heavy atom. The molecule has 0 heterocycles. The van der Waals surface area contributed by atoms with Crippen LogP contribution in [-0.2, 0) is 6.18 Å². The zero-order chi connectivity index (χ0) is 15.9. The third-order valence-corrected chi connectivity index (χ3v) is 3.31. The first kappa shape index (κ1) is 17.5. The Morgan fingerprint density at radius 2 is 1.81 bits per heavy atom. The lowest BCUT2D eigenvalue weighted by molar-refractivity contribution is -0.137. The SMILES string of the molecule is CCN(CC)CCCNC(=O)c1ccccc1C(F)(F)F. The van der Waals surface area contributed by atoms with E-state index in [1.54, 1.807) is 0 Å². The average molecular weight is 302 g/mol. The Balaban J connectivity index is 2.57. The van der Waals surface area contributed by atoms with Crippen LogP contribution in [-0.4, -0.2) is 37.0 Å². The van der Waals surface area contributed by atoms with Crippen molar-refractivity contribution in [3.05, 3.63) is 35.4 Å². The summed E-state index contributed by atoms with van der Waals surface area (Å²) in [5.41, 5.74) is -1.22. The lowest BCUT2D eigenvalue weighted by Crippen LogP contribution is -2.30. The molecule has 0 saturated heterocycles. The van der Waals surface area contributed by atoms with Gasteiger partial charge >= 0.3 is 6.18 Å². The van der Waals surface area contributed by atoms with Crippen LogP contribution >= 0.6 is 0 Å². The highest BCUT2D eigenvalue weighted by Crippen LogP contribution is 2.31. The molecule has 0 aliphatic rings. The topological polar surface area (TPSA) is 32.3 Å². The molecule has 1 amide bonds. The van der Waals surface area contributed by atoms with Crippen LogP contribution in [0.2, 0.25) is 0 Å². The van der Waals surface area contributed by atoms with Crippen molar-refractivity contribution in [2.24, 2.45) is 0 Å². The molecule has 0 unspecified atom stereocenters. The van der Waals surface area contributed by atoms with Gasteiger partial charge in [-0.1, -0.05) is 26.0 Å². The summed E-state index contributed by atoms with van der Waals surface area (Å²) in [6.07, 6.45) is -3.81. The number of benzene rings is 1. The van der Waals surface area contributed by atoms with Gasteiger partial charge in [-0.2, -0.15) is 13.2 Å². The summed E-state index contributed by atoms with van der Waals surface area (Å²) in [6.45, 7) is 7.10. The first-order chi connectivity index (χ1) is 9.90. The molecule has 0 fully saturated rings. The number of rotatable bonds is 7. The van der Waals surface area contributed by atoms with Crippen LogP contribution in [0.4, 0.5) is 13.2 Å². The second-order valence-electron chi connectivity index (χ2n) is 4.68. The smallest absolute Gasteiger partial charge is 0.352 e. The largest absolute Gasteiger partial charge is 0.417 e. The molecule has 0 radical (unpaired) electrons. The van der Waals surface area contributed by atoms with Gasteiger partial charge in [0.15, 0.2) is 0 Å². The molecule has 0 aromatic heterocycles. The van der Waals surface area contributed by atoms with Gasteiger partial charge in [-0.3, -0.25) is 4.79 Å². The van der Waals surface area contributed by atoms with Gasteiger partial charge in [-0.05, 0) is 38.2 Å². The van der Waals surface area contributed by atoms with E-state index in [0.29, 0.717) is 13.0 Å². The fourth-order valence-corrected chi connectivity index (χ4v) is 2.07. The quantitative estimate of drug-likeness (QED) is 0.785. The molecule has 0 atom stereocenters. The van der Waals surface area contributed by atoms with Crippen molar-refractivity contribution in [2.75, 3.05) is 26.2 Å². The van der Waals surface area contributed by atoms with E-state index in [9.17, 15) is 18.0 Å². The number of nitrogens with one attached hydrogen (secondary N) is 1. The summed E-state index contributed by atoms with van der Waals surface area (Å²) < 4.78 is 38.4. The van der Waals surface area contributed by atoms with Crippen LogP contribution in [0.25, 0.3) is 0 Å². The molecular formula is C15H21F3N2O. The molecule has 21 heavy (non-hydrogen) atoms. The standard InChI is InChI=1S/C15H21F3N2O/c1-3-20(4-2)11-7-10-19-14(21)12-8-5-6-9-13(12)15(16,17)18/h5-6,8-9H,3-4,7,10-11H2,1-2H3,(H,19,21). The Kier molecular flexibility index (Phi) is 6.68. The zero-order valence-corrected chi connectivity index (χ0v) is 12.3. The minimum absolute atomic E-state index is 0.326. The summed E-state index contributed by atoms with van der Waals surface area (Å²) in [4.78, 5) is 14.1. The van der Waals surface area contributed by atoms with Crippen LogP contribution in [0, 0.1) is 0 Å². The molecule has 1 aromatic carbocycles. The number of carbonyl (C=O) groups is 1. The zero-order valence-electron chi connectivity index (χ0n) is 12.3. The van der Waals surface area contributed by atoms with Crippen molar-refractivity contribution in [1.29, 1.82) is 0 Å². The van der Waals surface area contributed by atoms with Gasteiger partial charge in [0.1, 0.15) is 0 Å². The summed E-state index contributed by atoms with van der Waals surface area (Å²) in [5.74, 6) is -0.678. The first-order valence-corrected chi connectivity index (χ1v) is 7.06. The number of carbonyl (C=O) groups excluding carboxylic acids is 1. The fraction of sp³-hybridized carbons (Fsp3) is 0.533. The summed E-state index contributed by atoms with van der Waals surface area (Å²) in [7, 11) is 0. The number of halogens is 3. The van der Waals surface area contributed by atoms with Gasteiger partial charge in [0.05, 0.1) is 11.1 Å². The maximum absolute atomic E-state index is 12.8. The molecular weight excluding hydrogens is 281 g/mol. The lowest BCUT2D eigenvalue weighted by atomic mass is 10.1. The van der Waals surface area contributed by atoms with Gasteiger partial charge in [-0.25, -0.2) is 0 Å². The maximum Gasteiger partial charge on any atom is 0.417 e. The van der Waals surface area contributed by atoms with Crippen LogP contribution in [0.1, 0.15) is 36.2 Å². The molecule has 3 nitrogen and oxygen atoms in total. The van der Waals surface area contributed by atoms with Gasteiger partial charge in [-0.15, -0.1) is 0 Å². The Labute approximate surface area is 123 Å². The molecule has 0 aliphatic heterocycles. The number of nitrogens with zero attached hydrogens (tertiary/aromatic N) is 1. The van der Waals surface area contributed by atoms with Gasteiger partial charge in [0.25, 0.3) is 5.91 Å². The number of amides is 1. The first-order valence-electron chi connectivity index (χ1n) is 7.06. The molecule has 0 bridgehead atoms. The Bertz CT molecular complexity index is 456. The number of alkyl halides is 3. The Morgan fingerprint density at radius 1 is 1.19 bits per heavy atom. The maximum atomic E-state index is 12.8. The molecule has 118 valence electrons. The van der Waals surface area contributed by atoms with E-state index < -0.39 is 17.6 Å². The summed E-state index contributed by atoms with van der Waals surface area (Å²) in [5, 5.41) is 2.55. The average Bonchev–Trinajstić information content (AvgIpc) is 2.46. The lowest BCUT2D eigenvalue weighted by Gasteiger charge is -2.18. The van der Waals surface area contributed by atoms with Crippen LogP contribution < -0.4 is 5.32 Å². The summed E-state index contributed by atoms with van der Waals surface area (Å²) in [6, 6.07) is 4.83. The minimum atomic E-state index is -4.52. The van der Waals surface area contributed by atoms with E-state index in [1.165, 1.54) is 18.2 Å². The highest BCUT2D eigenvalue weighted by molar-refractivity contribution is 5.95. The molecule has 0 saturated carbocycles. The second-order valence-corrected chi connectivity index (χ2v) is 4.68. The van der Waals surface area contributed by atoms with Crippen molar-refractivity contribution in [3.8, 4) is 0 Å². The predicted octanol–water partition coefficient (Wildman–Crippen LogP) is 3.17. The highest BCUT2D eigenvalue weighted by atomic mass is 19.4. The predicted molar refractivity (Wildman–Crippen MR) is 76.2 cm³/mol. The van der Waals surface area contributed by atoms with Crippen molar-refractivity contribution >= 4 is 5.91 Å². The van der Waals surface area contributed by atoms with Crippen LogP contribution in [0.3, 0.4) is 0 Å². The normalized spacial score (nSPS) is 11.7. The second kappa shape index (κ2) is 8.02.